The number of rotatable bonds is 4. The first-order chi connectivity index (χ1) is 16.0. The first-order valence-electron chi connectivity index (χ1n) is 9.82. The van der Waals surface area contributed by atoms with Crippen LogP contribution in [-0.4, -0.2) is 39.6 Å². The number of nitrogens with one attached hydrogen (secondary N) is 1. The Kier molecular flexibility index (Phi) is 4.89. The number of halogens is 2. The minimum Gasteiger partial charge on any atom is -0.465 e. The molecule has 5 rings (SSSR count). The molecule has 0 fully saturated rings. The number of ether oxygens (including phenoxy) is 1. The highest BCUT2D eigenvalue weighted by molar-refractivity contribution is 6.13. The molecule has 4 aromatic rings. The fourth-order valence-electron chi connectivity index (χ4n) is 3.81. The van der Waals surface area contributed by atoms with Gasteiger partial charge in [0, 0.05) is 11.1 Å². The molecule has 1 N–H and O–H groups in total. The standard InChI is InChI=1S/C23H15F2N5O3/c1-33-23(32)16-6-4-13(12-5-7-18(24)19(25)9-12)10-20(16)30-11-15-3-2-14(8-17(15)22(30)31)21-26-28-29-27-21/h2-10H,11H2,1H3,(H,26,27,28,29). The first kappa shape index (κ1) is 20.4. The number of esters is 1. The fraction of sp³-hybridized carbons (Fsp3) is 0.0870. The van der Waals surface area contributed by atoms with Gasteiger partial charge in [0.1, 0.15) is 0 Å². The van der Waals surface area contributed by atoms with E-state index in [0.29, 0.717) is 33.8 Å². The van der Waals surface area contributed by atoms with E-state index >= 15 is 0 Å². The third-order valence-corrected chi connectivity index (χ3v) is 5.46. The number of tetrazole rings is 1. The van der Waals surface area contributed by atoms with Gasteiger partial charge in [0.05, 0.1) is 24.9 Å². The number of methoxy groups -OCH3 is 1. The van der Waals surface area contributed by atoms with Gasteiger partial charge in [-0.25, -0.2) is 13.6 Å². The molecule has 2 heterocycles. The van der Waals surface area contributed by atoms with Crippen LogP contribution in [0.5, 0.6) is 0 Å². The van der Waals surface area contributed by atoms with Gasteiger partial charge in [-0.05, 0) is 52.2 Å². The molecule has 0 saturated carbocycles. The molecule has 1 aromatic heterocycles. The average molecular weight is 447 g/mol. The summed E-state index contributed by atoms with van der Waals surface area (Å²) < 4.78 is 32.1. The highest BCUT2D eigenvalue weighted by atomic mass is 19.2. The van der Waals surface area contributed by atoms with Gasteiger partial charge in [-0.2, -0.15) is 5.21 Å². The van der Waals surface area contributed by atoms with E-state index < -0.39 is 17.6 Å². The van der Waals surface area contributed by atoms with Crippen LogP contribution in [0.15, 0.2) is 54.6 Å². The topological polar surface area (TPSA) is 101 Å². The molecule has 164 valence electrons. The number of hydrogen-bond acceptors (Lipinski definition) is 6. The van der Waals surface area contributed by atoms with Gasteiger partial charge in [0.15, 0.2) is 11.6 Å². The number of hydrogen-bond donors (Lipinski definition) is 1. The lowest BCUT2D eigenvalue weighted by atomic mass is 10.0. The van der Waals surface area contributed by atoms with E-state index in [1.54, 1.807) is 30.3 Å². The second-order valence-electron chi connectivity index (χ2n) is 7.35. The summed E-state index contributed by atoms with van der Waals surface area (Å²) in [6.45, 7) is 0.214. The normalized spacial score (nSPS) is 12.7. The minimum atomic E-state index is -0.996. The van der Waals surface area contributed by atoms with E-state index in [-0.39, 0.29) is 18.0 Å². The molecule has 8 nitrogen and oxygen atoms in total. The average Bonchev–Trinajstić information content (AvgIpc) is 3.48. The Labute approximate surface area is 185 Å². The highest BCUT2D eigenvalue weighted by Crippen LogP contribution is 2.35. The molecule has 0 atom stereocenters. The van der Waals surface area contributed by atoms with Crippen molar-refractivity contribution in [2.24, 2.45) is 0 Å². The summed E-state index contributed by atoms with van der Waals surface area (Å²) in [5, 5.41) is 13.8. The van der Waals surface area contributed by atoms with Crippen LogP contribution in [0, 0.1) is 11.6 Å². The Bertz CT molecular complexity index is 1410. The van der Waals surface area contributed by atoms with Gasteiger partial charge in [-0.3, -0.25) is 4.79 Å². The Morgan fingerprint density at radius 3 is 2.48 bits per heavy atom. The van der Waals surface area contributed by atoms with Gasteiger partial charge in [-0.15, -0.1) is 10.2 Å². The van der Waals surface area contributed by atoms with E-state index in [4.69, 9.17) is 4.74 Å². The number of aromatic nitrogens is 4. The zero-order valence-corrected chi connectivity index (χ0v) is 17.2. The van der Waals surface area contributed by atoms with Crippen molar-refractivity contribution in [1.82, 2.24) is 20.6 Å². The lowest BCUT2D eigenvalue weighted by Crippen LogP contribution is -2.25. The molecule has 0 saturated heterocycles. The smallest absolute Gasteiger partial charge is 0.339 e. The summed E-state index contributed by atoms with van der Waals surface area (Å²) in [6.07, 6.45) is 0. The van der Waals surface area contributed by atoms with Crippen molar-refractivity contribution in [2.75, 3.05) is 12.0 Å². The number of benzene rings is 3. The molecule has 10 heteroatoms. The number of amides is 1. The van der Waals surface area contributed by atoms with Crippen molar-refractivity contribution in [3.8, 4) is 22.5 Å². The van der Waals surface area contributed by atoms with Crippen molar-refractivity contribution in [3.63, 3.8) is 0 Å². The summed E-state index contributed by atoms with van der Waals surface area (Å²) in [4.78, 5) is 27.2. The van der Waals surface area contributed by atoms with Gasteiger partial charge < -0.3 is 9.64 Å². The fourth-order valence-corrected chi connectivity index (χ4v) is 3.81. The molecule has 3 aromatic carbocycles. The number of anilines is 1. The lowest BCUT2D eigenvalue weighted by molar-refractivity contribution is 0.0601. The van der Waals surface area contributed by atoms with Crippen LogP contribution in [0.1, 0.15) is 26.3 Å². The number of fused-ring (bicyclic) bond motifs is 1. The van der Waals surface area contributed by atoms with E-state index in [1.165, 1.54) is 24.1 Å². The van der Waals surface area contributed by atoms with Crippen LogP contribution in [0.4, 0.5) is 14.5 Å². The highest BCUT2D eigenvalue weighted by Gasteiger charge is 2.32. The third-order valence-electron chi connectivity index (χ3n) is 5.46. The summed E-state index contributed by atoms with van der Waals surface area (Å²) in [5.74, 6) is -2.57. The van der Waals surface area contributed by atoms with Crippen LogP contribution in [-0.2, 0) is 11.3 Å². The number of H-pyrrole nitrogens is 1. The zero-order valence-electron chi connectivity index (χ0n) is 17.2. The van der Waals surface area contributed by atoms with Crippen LogP contribution in [0.2, 0.25) is 0 Å². The lowest BCUT2D eigenvalue weighted by Gasteiger charge is -2.20. The second-order valence-corrected chi connectivity index (χ2v) is 7.35. The quantitative estimate of drug-likeness (QED) is 0.478. The molecule has 1 amide bonds. The van der Waals surface area contributed by atoms with Crippen molar-refractivity contribution in [2.45, 2.75) is 6.54 Å². The van der Waals surface area contributed by atoms with Crippen LogP contribution in [0.25, 0.3) is 22.5 Å². The molecule has 0 radical (unpaired) electrons. The Morgan fingerprint density at radius 2 is 1.76 bits per heavy atom. The number of aromatic amines is 1. The van der Waals surface area contributed by atoms with E-state index in [0.717, 1.165) is 17.7 Å². The van der Waals surface area contributed by atoms with E-state index in [2.05, 4.69) is 20.6 Å². The largest absolute Gasteiger partial charge is 0.465 e. The summed E-state index contributed by atoms with van der Waals surface area (Å²) >= 11 is 0. The van der Waals surface area contributed by atoms with Gasteiger partial charge in [-0.1, -0.05) is 24.3 Å². The van der Waals surface area contributed by atoms with E-state index in [9.17, 15) is 18.4 Å². The van der Waals surface area contributed by atoms with Crippen LogP contribution >= 0.6 is 0 Å². The molecular weight excluding hydrogens is 432 g/mol. The van der Waals surface area contributed by atoms with Crippen molar-refractivity contribution in [1.29, 1.82) is 0 Å². The SMILES string of the molecule is COC(=O)c1ccc(-c2ccc(F)c(F)c2)cc1N1Cc2ccc(-c3nn[nH]n3)cc2C1=O. The first-order valence-corrected chi connectivity index (χ1v) is 9.82. The predicted octanol–water partition coefficient (Wildman–Crippen LogP) is 3.76. The maximum absolute atomic E-state index is 13.8. The Hall–Kier alpha value is -4.47. The van der Waals surface area contributed by atoms with Crippen molar-refractivity contribution >= 4 is 17.6 Å². The van der Waals surface area contributed by atoms with Gasteiger partial charge >= 0.3 is 5.97 Å². The minimum absolute atomic E-state index is 0.170. The summed E-state index contributed by atoms with van der Waals surface area (Å²) in [7, 11) is 1.24. The molecule has 0 bridgehead atoms. The molecule has 0 unspecified atom stereocenters. The molecular formula is C23H15F2N5O3. The van der Waals surface area contributed by atoms with Crippen molar-refractivity contribution < 1.29 is 23.1 Å². The monoisotopic (exact) mass is 447 g/mol. The maximum atomic E-state index is 13.8. The molecule has 1 aliphatic heterocycles. The maximum Gasteiger partial charge on any atom is 0.339 e. The zero-order chi connectivity index (χ0) is 23.1. The van der Waals surface area contributed by atoms with Gasteiger partial charge in [0.25, 0.3) is 5.91 Å². The second kappa shape index (κ2) is 7.90. The van der Waals surface area contributed by atoms with Crippen LogP contribution < -0.4 is 4.90 Å². The van der Waals surface area contributed by atoms with Crippen LogP contribution in [0.3, 0.4) is 0 Å². The van der Waals surface area contributed by atoms with Gasteiger partial charge in [0.2, 0.25) is 5.82 Å². The summed E-state index contributed by atoms with van der Waals surface area (Å²) in [5.41, 5.74) is 3.17. The predicted molar refractivity (Wildman–Crippen MR) is 113 cm³/mol. The summed E-state index contributed by atoms with van der Waals surface area (Å²) in [6, 6.07) is 13.4. The van der Waals surface area contributed by atoms with Crippen molar-refractivity contribution in [3.05, 3.63) is 82.9 Å². The Balaban J connectivity index is 1.58. The molecule has 1 aliphatic rings. The molecule has 0 spiro atoms. The Morgan fingerprint density at radius 1 is 1.00 bits per heavy atom. The molecule has 0 aliphatic carbocycles. The number of nitrogens with zero attached hydrogens (tertiary/aromatic N) is 4. The molecule has 33 heavy (non-hydrogen) atoms. The number of carbonyl (C=O) groups excluding carboxylic acids is 2. The third kappa shape index (κ3) is 3.51. The van der Waals surface area contributed by atoms with E-state index in [1.807, 2.05) is 0 Å². The number of carbonyl (C=O) groups is 2.